The van der Waals surface area contributed by atoms with E-state index < -0.39 is 5.97 Å². The van der Waals surface area contributed by atoms with Gasteiger partial charge in [0.25, 0.3) is 0 Å². The molecule has 0 spiro atoms. The normalized spacial score (nSPS) is 10.1. The van der Waals surface area contributed by atoms with Crippen LogP contribution in [0.3, 0.4) is 0 Å². The summed E-state index contributed by atoms with van der Waals surface area (Å²) in [5.41, 5.74) is 1.16. The number of nitrogens with one attached hydrogen (secondary N) is 1. The molecule has 0 aliphatic carbocycles. The monoisotopic (exact) mass is 290 g/mol. The molecule has 0 aliphatic rings. The number of aryl methyl sites for hydroxylation is 1. The van der Waals surface area contributed by atoms with Crippen molar-refractivity contribution in [1.29, 1.82) is 5.26 Å². The molecule has 0 fully saturated rings. The van der Waals surface area contributed by atoms with Crippen molar-refractivity contribution in [3.05, 3.63) is 51.9 Å². The van der Waals surface area contributed by atoms with E-state index in [-0.39, 0.29) is 12.1 Å². The van der Waals surface area contributed by atoms with Gasteiger partial charge in [-0.25, -0.2) is 4.79 Å². The average Bonchev–Trinajstić information content (AvgIpc) is 2.78. The first-order valence-electron chi connectivity index (χ1n) is 5.77. The van der Waals surface area contributed by atoms with Gasteiger partial charge in [0.2, 0.25) is 0 Å². The molecule has 0 saturated heterocycles. The first kappa shape index (κ1) is 14.0. The quantitative estimate of drug-likeness (QED) is 0.901. The average molecular weight is 291 g/mol. The van der Waals surface area contributed by atoms with E-state index in [9.17, 15) is 4.79 Å². The molecule has 6 heteroatoms. The number of rotatable bonds is 4. The number of nitrogens with zero attached hydrogens (tertiary/aromatic N) is 1. The van der Waals surface area contributed by atoms with Crippen molar-refractivity contribution in [3.63, 3.8) is 0 Å². The topological polar surface area (TPSA) is 86.3 Å². The Bertz CT molecular complexity index is 701. The second-order valence-electron chi connectivity index (χ2n) is 4.14. The molecule has 0 atom stereocenters. The van der Waals surface area contributed by atoms with Gasteiger partial charge in [-0.3, -0.25) is 0 Å². The van der Waals surface area contributed by atoms with Gasteiger partial charge in [0.05, 0.1) is 17.8 Å². The van der Waals surface area contributed by atoms with Crippen LogP contribution in [0, 0.1) is 18.3 Å². The number of anilines is 1. The van der Waals surface area contributed by atoms with Crippen molar-refractivity contribution in [2.24, 2.45) is 0 Å². The highest BCUT2D eigenvalue weighted by atomic mass is 35.5. The van der Waals surface area contributed by atoms with Gasteiger partial charge < -0.3 is 14.8 Å². The zero-order valence-electron chi connectivity index (χ0n) is 10.6. The number of carboxylic acid groups (broad SMARTS) is 1. The first-order chi connectivity index (χ1) is 9.51. The minimum Gasteiger partial charge on any atom is -0.478 e. The fourth-order valence-electron chi connectivity index (χ4n) is 1.79. The summed E-state index contributed by atoms with van der Waals surface area (Å²) in [6.07, 6.45) is 0. The summed E-state index contributed by atoms with van der Waals surface area (Å²) >= 11 is 5.88. The van der Waals surface area contributed by atoms with Crippen LogP contribution in [0.5, 0.6) is 0 Å². The Morgan fingerprint density at radius 3 is 2.85 bits per heavy atom. The lowest BCUT2D eigenvalue weighted by Crippen LogP contribution is -2.00. The zero-order chi connectivity index (χ0) is 14.7. The Morgan fingerprint density at radius 1 is 1.50 bits per heavy atom. The second-order valence-corrected chi connectivity index (χ2v) is 4.58. The minimum atomic E-state index is -1.03. The highest BCUT2D eigenvalue weighted by Gasteiger charge is 2.13. The lowest BCUT2D eigenvalue weighted by molar-refractivity contribution is 0.0695. The molecule has 2 rings (SSSR count). The summed E-state index contributed by atoms with van der Waals surface area (Å²) in [5, 5.41) is 21.5. The molecule has 1 heterocycles. The predicted molar refractivity (Wildman–Crippen MR) is 73.9 cm³/mol. The SMILES string of the molecule is Cc1oc(CNc2cc(Cl)ccc2C#N)cc1C(=O)O. The third kappa shape index (κ3) is 2.92. The maximum Gasteiger partial charge on any atom is 0.339 e. The van der Waals surface area contributed by atoms with Gasteiger partial charge >= 0.3 is 5.97 Å². The van der Waals surface area contributed by atoms with E-state index in [0.717, 1.165) is 0 Å². The molecule has 102 valence electrons. The molecule has 2 aromatic rings. The van der Waals surface area contributed by atoms with Crippen LogP contribution < -0.4 is 5.32 Å². The van der Waals surface area contributed by atoms with E-state index in [1.165, 1.54) is 6.07 Å². The molecule has 0 saturated carbocycles. The summed E-state index contributed by atoms with van der Waals surface area (Å²) in [6, 6.07) is 8.38. The second kappa shape index (κ2) is 5.68. The standard InChI is InChI=1S/C14H11ClN2O3/c1-8-12(14(18)19)5-11(20-8)7-17-13-4-10(15)3-2-9(13)6-16/h2-5,17H,7H2,1H3,(H,18,19). The Kier molecular flexibility index (Phi) is 3.97. The zero-order valence-corrected chi connectivity index (χ0v) is 11.4. The third-order valence-electron chi connectivity index (χ3n) is 2.75. The van der Waals surface area contributed by atoms with Crippen LogP contribution in [-0.4, -0.2) is 11.1 Å². The van der Waals surface area contributed by atoms with Crippen molar-refractivity contribution < 1.29 is 14.3 Å². The summed E-state index contributed by atoms with van der Waals surface area (Å²) in [4.78, 5) is 10.9. The Labute approximate surface area is 120 Å². The van der Waals surface area contributed by atoms with E-state index >= 15 is 0 Å². The molecule has 2 N–H and O–H groups in total. The van der Waals surface area contributed by atoms with E-state index in [1.54, 1.807) is 25.1 Å². The summed E-state index contributed by atoms with van der Waals surface area (Å²) in [7, 11) is 0. The van der Waals surface area contributed by atoms with E-state index in [1.807, 2.05) is 6.07 Å². The van der Waals surface area contributed by atoms with Gasteiger partial charge in [-0.2, -0.15) is 5.26 Å². The van der Waals surface area contributed by atoms with Crippen LogP contribution in [0.25, 0.3) is 0 Å². The molecule has 20 heavy (non-hydrogen) atoms. The number of halogens is 1. The third-order valence-corrected chi connectivity index (χ3v) is 2.99. The number of aromatic carboxylic acids is 1. The smallest absolute Gasteiger partial charge is 0.339 e. The van der Waals surface area contributed by atoms with E-state index in [4.69, 9.17) is 26.4 Å². The number of furan rings is 1. The van der Waals surface area contributed by atoms with E-state index in [2.05, 4.69) is 5.32 Å². The molecule has 1 aromatic heterocycles. The minimum absolute atomic E-state index is 0.133. The Morgan fingerprint density at radius 2 is 2.25 bits per heavy atom. The summed E-state index contributed by atoms with van der Waals surface area (Å²) in [5.74, 6) is -0.206. The molecule has 5 nitrogen and oxygen atoms in total. The molecular formula is C14H11ClN2O3. The number of benzene rings is 1. The fourth-order valence-corrected chi connectivity index (χ4v) is 1.96. The number of nitriles is 1. The number of hydrogen-bond acceptors (Lipinski definition) is 4. The van der Waals surface area contributed by atoms with E-state index in [0.29, 0.717) is 27.8 Å². The Balaban J connectivity index is 2.17. The highest BCUT2D eigenvalue weighted by Crippen LogP contribution is 2.22. The molecular weight excluding hydrogens is 280 g/mol. The molecule has 0 radical (unpaired) electrons. The predicted octanol–water partition coefficient (Wildman–Crippen LogP) is 3.42. The van der Waals surface area contributed by atoms with Crippen LogP contribution in [0.1, 0.15) is 27.4 Å². The van der Waals surface area contributed by atoms with Crippen LogP contribution >= 0.6 is 11.6 Å². The van der Waals surface area contributed by atoms with Crippen LogP contribution in [0.2, 0.25) is 5.02 Å². The molecule has 1 aromatic carbocycles. The van der Waals surface area contributed by atoms with Crippen molar-refractivity contribution in [1.82, 2.24) is 0 Å². The maximum absolute atomic E-state index is 10.9. The van der Waals surface area contributed by atoms with Gasteiger partial charge in [0, 0.05) is 5.02 Å². The van der Waals surface area contributed by atoms with Crippen molar-refractivity contribution in [2.45, 2.75) is 13.5 Å². The molecule has 0 amide bonds. The molecule has 0 bridgehead atoms. The van der Waals surface area contributed by atoms with Crippen LogP contribution in [-0.2, 0) is 6.54 Å². The van der Waals surface area contributed by atoms with Crippen LogP contribution in [0.15, 0.2) is 28.7 Å². The van der Waals surface area contributed by atoms with Gasteiger partial charge in [-0.15, -0.1) is 0 Å². The maximum atomic E-state index is 10.9. The van der Waals surface area contributed by atoms with Crippen molar-refractivity contribution in [2.75, 3.05) is 5.32 Å². The number of carboxylic acids is 1. The number of carbonyl (C=O) groups is 1. The lowest BCUT2D eigenvalue weighted by Gasteiger charge is -2.06. The first-order valence-corrected chi connectivity index (χ1v) is 6.15. The summed E-state index contributed by atoms with van der Waals surface area (Å²) < 4.78 is 5.34. The van der Waals surface area contributed by atoms with Gasteiger partial charge in [-0.05, 0) is 31.2 Å². The fraction of sp³-hybridized carbons (Fsp3) is 0.143. The number of hydrogen-bond donors (Lipinski definition) is 2. The van der Waals surface area contributed by atoms with Crippen LogP contribution in [0.4, 0.5) is 5.69 Å². The molecule has 0 unspecified atom stereocenters. The van der Waals surface area contributed by atoms with Crippen molar-refractivity contribution >= 4 is 23.3 Å². The van der Waals surface area contributed by atoms with Gasteiger partial charge in [0.1, 0.15) is 23.2 Å². The lowest BCUT2D eigenvalue weighted by atomic mass is 10.2. The highest BCUT2D eigenvalue weighted by molar-refractivity contribution is 6.30. The summed E-state index contributed by atoms with van der Waals surface area (Å²) in [6.45, 7) is 1.86. The largest absolute Gasteiger partial charge is 0.478 e. The van der Waals surface area contributed by atoms with Gasteiger partial charge in [-0.1, -0.05) is 11.6 Å². The van der Waals surface area contributed by atoms with Crippen molar-refractivity contribution in [3.8, 4) is 6.07 Å². The molecule has 0 aliphatic heterocycles. The van der Waals surface area contributed by atoms with Gasteiger partial charge in [0.15, 0.2) is 0 Å². The Hall–Kier alpha value is -2.45.